The van der Waals surface area contributed by atoms with Crippen molar-refractivity contribution in [2.45, 2.75) is 89.4 Å². The Kier molecular flexibility index (Phi) is 8.48. The molecule has 0 spiro atoms. The zero-order chi connectivity index (χ0) is 19.8. The Bertz CT molecular complexity index is 608. The largest absolute Gasteiger partial charge is 0.216 e. The van der Waals surface area contributed by atoms with E-state index in [1.807, 2.05) is 0 Å². The van der Waals surface area contributed by atoms with E-state index in [-0.39, 0.29) is 0 Å². The van der Waals surface area contributed by atoms with Crippen molar-refractivity contribution in [1.29, 1.82) is 0 Å². The van der Waals surface area contributed by atoms with Crippen molar-refractivity contribution in [3.8, 4) is 0 Å². The lowest BCUT2D eigenvalue weighted by Gasteiger charge is -2.32. The van der Waals surface area contributed by atoms with Gasteiger partial charge in [0.05, 0.1) is 6.33 Å². The summed E-state index contributed by atoms with van der Waals surface area (Å²) in [7, 11) is 0. The number of hydrogen-bond acceptors (Lipinski definition) is 0. The monoisotopic (exact) mass is 392 g/mol. The van der Waals surface area contributed by atoms with Crippen LogP contribution in [0.4, 0.5) is 13.2 Å². The lowest BCUT2D eigenvalue weighted by atomic mass is 9.74. The van der Waals surface area contributed by atoms with E-state index in [0.29, 0.717) is 12.2 Å². The Morgan fingerprint density at radius 3 is 1.89 bits per heavy atom. The van der Waals surface area contributed by atoms with E-state index in [0.717, 1.165) is 49.0 Å². The fraction of sp³-hybridized carbons (Fsp3) is 0.680. The van der Waals surface area contributed by atoms with Crippen molar-refractivity contribution < 1.29 is 13.2 Å². The van der Waals surface area contributed by atoms with E-state index in [1.165, 1.54) is 69.9 Å². The highest BCUT2D eigenvalue weighted by Crippen LogP contribution is 2.40. The summed E-state index contributed by atoms with van der Waals surface area (Å²) in [5.41, 5.74) is 0.970. The molecule has 0 amide bonds. The average molecular weight is 393 g/mol. The third kappa shape index (κ3) is 6.39. The van der Waals surface area contributed by atoms with Gasteiger partial charge in [0, 0.05) is 0 Å². The Labute approximate surface area is 168 Å². The highest BCUT2D eigenvalue weighted by Gasteiger charge is 2.25. The fourth-order valence-corrected chi connectivity index (χ4v) is 5.42. The van der Waals surface area contributed by atoms with Gasteiger partial charge in [0.2, 0.25) is 0 Å². The molecule has 1 aromatic carbocycles. The molecule has 156 valence electrons. The maximum absolute atomic E-state index is 13.5. The molecular formula is C25H35F3. The van der Waals surface area contributed by atoms with Crippen molar-refractivity contribution in [3.05, 3.63) is 47.8 Å². The van der Waals surface area contributed by atoms with Crippen LogP contribution in [0.25, 0.3) is 0 Å². The summed E-state index contributed by atoms with van der Waals surface area (Å²) in [5, 5.41) is 0. The Morgan fingerprint density at radius 2 is 1.32 bits per heavy atom. The van der Waals surface area contributed by atoms with Gasteiger partial charge in [0.1, 0.15) is 0 Å². The summed E-state index contributed by atoms with van der Waals surface area (Å²) >= 11 is 0. The van der Waals surface area contributed by atoms with Crippen molar-refractivity contribution in [2.24, 2.45) is 17.8 Å². The van der Waals surface area contributed by atoms with Gasteiger partial charge in [0.25, 0.3) is 0 Å². The first kappa shape index (κ1) is 21.5. The second-order valence-corrected chi connectivity index (χ2v) is 9.15. The minimum atomic E-state index is -0.747. The molecular weight excluding hydrogens is 357 g/mol. The summed E-state index contributed by atoms with van der Waals surface area (Å²) in [6, 6.07) is 4.42. The topological polar surface area (TPSA) is 0 Å². The minimum Gasteiger partial charge on any atom is -0.216 e. The molecule has 0 aromatic heterocycles. The van der Waals surface area contributed by atoms with Crippen LogP contribution >= 0.6 is 0 Å². The van der Waals surface area contributed by atoms with Gasteiger partial charge in [-0.15, -0.1) is 0 Å². The Balaban J connectivity index is 1.31. The zero-order valence-corrected chi connectivity index (χ0v) is 17.0. The Hall–Kier alpha value is -1.25. The molecule has 0 heterocycles. The number of unbranched alkanes of at least 4 members (excludes halogenated alkanes) is 1. The molecule has 3 rings (SSSR count). The maximum Gasteiger partial charge on any atom is 0.159 e. The molecule has 0 aliphatic heterocycles. The number of hydrogen-bond donors (Lipinski definition) is 0. The third-order valence-electron chi connectivity index (χ3n) is 7.28. The van der Waals surface area contributed by atoms with Crippen LogP contribution in [0.2, 0.25) is 0 Å². The third-order valence-corrected chi connectivity index (χ3v) is 7.28. The second kappa shape index (κ2) is 11.1. The predicted octanol–water partition coefficient (Wildman–Crippen LogP) is 8.48. The van der Waals surface area contributed by atoms with Crippen LogP contribution in [0.15, 0.2) is 30.6 Å². The van der Waals surface area contributed by atoms with Crippen LogP contribution < -0.4 is 0 Å². The van der Waals surface area contributed by atoms with E-state index >= 15 is 0 Å². The van der Waals surface area contributed by atoms with Crippen LogP contribution in [0.1, 0.15) is 95.0 Å². The van der Waals surface area contributed by atoms with Crippen LogP contribution in [0, 0.1) is 29.4 Å². The van der Waals surface area contributed by atoms with E-state index in [4.69, 9.17) is 0 Å². The first-order valence-electron chi connectivity index (χ1n) is 11.4. The van der Waals surface area contributed by atoms with Gasteiger partial charge in [-0.2, -0.15) is 0 Å². The summed E-state index contributed by atoms with van der Waals surface area (Å²) in [5.74, 6) is 1.50. The summed E-state index contributed by atoms with van der Waals surface area (Å²) in [6.07, 6.45) is 18.4. The number of halogens is 3. The van der Waals surface area contributed by atoms with Crippen LogP contribution in [0.3, 0.4) is 0 Å². The quantitative estimate of drug-likeness (QED) is 0.389. The SMILES string of the molecule is FC=CCCC[C@H]1CC[C@H](CC[C@H]2CC[C@H](c3ccc(F)c(F)c3)CC2)CC1. The molecule has 0 bridgehead atoms. The van der Waals surface area contributed by atoms with E-state index < -0.39 is 11.6 Å². The highest BCUT2D eigenvalue weighted by molar-refractivity contribution is 5.22. The molecule has 28 heavy (non-hydrogen) atoms. The van der Waals surface area contributed by atoms with Gasteiger partial charge in [-0.05, 0) is 79.9 Å². The standard InChI is InChI=1S/C25H35F3/c26-17-3-1-2-4-19-5-7-20(8-6-19)9-10-21-11-13-22(14-12-21)23-15-16-24(27)25(28)18-23/h3,15-22H,1-2,4-14H2/t19-,20-,21-,22-. The Morgan fingerprint density at radius 1 is 0.750 bits per heavy atom. The van der Waals surface area contributed by atoms with Crippen molar-refractivity contribution in [2.75, 3.05) is 0 Å². The molecule has 2 aliphatic carbocycles. The first-order valence-corrected chi connectivity index (χ1v) is 11.4. The van der Waals surface area contributed by atoms with Gasteiger partial charge >= 0.3 is 0 Å². The molecule has 0 atom stereocenters. The molecule has 0 saturated heterocycles. The lowest BCUT2D eigenvalue weighted by Crippen LogP contribution is -2.18. The predicted molar refractivity (Wildman–Crippen MR) is 110 cm³/mol. The molecule has 0 nitrogen and oxygen atoms in total. The molecule has 2 fully saturated rings. The average Bonchev–Trinajstić information content (AvgIpc) is 2.73. The lowest BCUT2D eigenvalue weighted by molar-refractivity contribution is 0.223. The number of benzene rings is 1. The smallest absolute Gasteiger partial charge is 0.159 e. The van der Waals surface area contributed by atoms with E-state index in [1.54, 1.807) is 12.1 Å². The van der Waals surface area contributed by atoms with Gasteiger partial charge in [0.15, 0.2) is 11.6 Å². The van der Waals surface area contributed by atoms with Crippen molar-refractivity contribution in [1.82, 2.24) is 0 Å². The molecule has 2 saturated carbocycles. The van der Waals surface area contributed by atoms with Crippen LogP contribution in [0.5, 0.6) is 0 Å². The normalized spacial score (nSPS) is 28.7. The minimum absolute atomic E-state index is 0.397. The van der Waals surface area contributed by atoms with Gasteiger partial charge in [-0.3, -0.25) is 0 Å². The fourth-order valence-electron chi connectivity index (χ4n) is 5.42. The van der Waals surface area contributed by atoms with Crippen molar-refractivity contribution in [3.63, 3.8) is 0 Å². The van der Waals surface area contributed by atoms with Crippen LogP contribution in [-0.2, 0) is 0 Å². The zero-order valence-electron chi connectivity index (χ0n) is 17.0. The number of allylic oxidation sites excluding steroid dienone is 1. The van der Waals surface area contributed by atoms with Crippen molar-refractivity contribution >= 4 is 0 Å². The van der Waals surface area contributed by atoms with E-state index in [9.17, 15) is 13.2 Å². The van der Waals surface area contributed by atoms with Gasteiger partial charge < -0.3 is 0 Å². The number of rotatable bonds is 8. The molecule has 1 aromatic rings. The highest BCUT2D eigenvalue weighted by atomic mass is 19.2. The second-order valence-electron chi connectivity index (χ2n) is 9.15. The first-order chi connectivity index (χ1) is 13.7. The molecule has 2 aliphatic rings. The van der Waals surface area contributed by atoms with Gasteiger partial charge in [-0.1, -0.05) is 57.1 Å². The molecule has 0 radical (unpaired) electrons. The van der Waals surface area contributed by atoms with Crippen LogP contribution in [-0.4, -0.2) is 0 Å². The molecule has 0 unspecified atom stereocenters. The maximum atomic E-state index is 13.5. The summed E-state index contributed by atoms with van der Waals surface area (Å²) in [6.45, 7) is 0. The summed E-state index contributed by atoms with van der Waals surface area (Å²) < 4.78 is 38.6. The molecule has 0 N–H and O–H groups in total. The molecule has 3 heteroatoms. The summed E-state index contributed by atoms with van der Waals surface area (Å²) in [4.78, 5) is 0. The van der Waals surface area contributed by atoms with E-state index in [2.05, 4.69) is 0 Å². The van der Waals surface area contributed by atoms with Gasteiger partial charge in [-0.25, -0.2) is 13.2 Å².